The van der Waals surface area contributed by atoms with E-state index in [1.807, 2.05) is 50.2 Å². The third-order valence-corrected chi connectivity index (χ3v) is 7.71. The molecule has 40 heavy (non-hydrogen) atoms. The predicted molar refractivity (Wildman–Crippen MR) is 159 cm³/mol. The number of carbonyl (C=O) groups is 2. The third-order valence-electron chi connectivity index (χ3n) is 6.05. The third kappa shape index (κ3) is 8.61. The quantitative estimate of drug-likeness (QED) is 0.316. The molecule has 0 aliphatic heterocycles. The van der Waals surface area contributed by atoms with Crippen LogP contribution in [0, 0.1) is 0 Å². The predicted octanol–water partition coefficient (Wildman–Crippen LogP) is 4.93. The molecule has 0 heterocycles. The molecular formula is C29H33Cl2N3O5S. The molecule has 8 nitrogen and oxygen atoms in total. The van der Waals surface area contributed by atoms with Gasteiger partial charge in [-0.3, -0.25) is 13.9 Å². The van der Waals surface area contributed by atoms with Gasteiger partial charge in [0.2, 0.25) is 21.8 Å². The molecule has 0 saturated heterocycles. The summed E-state index contributed by atoms with van der Waals surface area (Å²) < 4.78 is 32.0. The molecule has 0 aromatic heterocycles. The average Bonchev–Trinajstić information content (AvgIpc) is 2.89. The van der Waals surface area contributed by atoms with Gasteiger partial charge in [-0.15, -0.1) is 0 Å². The van der Waals surface area contributed by atoms with Crippen LogP contribution < -0.4 is 14.4 Å². The highest BCUT2D eigenvalue weighted by Gasteiger charge is 2.33. The van der Waals surface area contributed by atoms with E-state index in [1.165, 1.54) is 30.2 Å². The number of rotatable bonds is 12. The number of nitrogens with zero attached hydrogens (tertiary/aromatic N) is 2. The summed E-state index contributed by atoms with van der Waals surface area (Å²) in [5, 5.41) is 3.31. The second kappa shape index (κ2) is 13.9. The van der Waals surface area contributed by atoms with Crippen molar-refractivity contribution in [3.05, 3.63) is 94.0 Å². The van der Waals surface area contributed by atoms with E-state index in [4.69, 9.17) is 27.9 Å². The molecular weight excluding hydrogens is 573 g/mol. The maximum Gasteiger partial charge on any atom is 0.244 e. The van der Waals surface area contributed by atoms with Crippen molar-refractivity contribution in [2.45, 2.75) is 38.9 Å². The largest absolute Gasteiger partial charge is 0.497 e. The molecule has 0 unspecified atom stereocenters. The molecule has 0 radical (unpaired) electrons. The molecule has 3 aromatic rings. The van der Waals surface area contributed by atoms with E-state index in [0.29, 0.717) is 16.3 Å². The van der Waals surface area contributed by atoms with Gasteiger partial charge in [0, 0.05) is 24.0 Å². The van der Waals surface area contributed by atoms with Crippen molar-refractivity contribution < 1.29 is 22.7 Å². The number of hydrogen-bond donors (Lipinski definition) is 1. The number of ether oxygens (including phenoxy) is 1. The molecule has 3 aromatic carbocycles. The Morgan fingerprint density at radius 2 is 1.62 bits per heavy atom. The highest BCUT2D eigenvalue weighted by atomic mass is 35.5. The Kier molecular flexibility index (Phi) is 10.8. The number of nitrogens with one attached hydrogen (secondary N) is 1. The number of halogens is 2. The monoisotopic (exact) mass is 605 g/mol. The smallest absolute Gasteiger partial charge is 0.244 e. The van der Waals surface area contributed by atoms with Gasteiger partial charge in [0.15, 0.2) is 0 Å². The number of amides is 2. The average molecular weight is 607 g/mol. The highest BCUT2D eigenvalue weighted by molar-refractivity contribution is 7.92. The van der Waals surface area contributed by atoms with E-state index in [1.54, 1.807) is 18.2 Å². The van der Waals surface area contributed by atoms with Crippen LogP contribution in [0.2, 0.25) is 10.0 Å². The zero-order valence-electron chi connectivity index (χ0n) is 22.8. The number of carbonyl (C=O) groups excluding carboxylic acids is 2. The van der Waals surface area contributed by atoms with Crippen molar-refractivity contribution in [1.29, 1.82) is 0 Å². The van der Waals surface area contributed by atoms with E-state index in [2.05, 4.69) is 5.32 Å². The van der Waals surface area contributed by atoms with Gasteiger partial charge in [-0.2, -0.15) is 0 Å². The molecule has 0 aliphatic carbocycles. The molecule has 11 heteroatoms. The topological polar surface area (TPSA) is 96.0 Å². The number of methoxy groups -OCH3 is 1. The first-order valence-corrected chi connectivity index (χ1v) is 15.2. The number of benzene rings is 3. The molecule has 1 N–H and O–H groups in total. The van der Waals surface area contributed by atoms with Gasteiger partial charge in [0.05, 0.1) is 24.1 Å². The molecule has 0 spiro atoms. The van der Waals surface area contributed by atoms with Crippen LogP contribution in [0.3, 0.4) is 0 Å². The van der Waals surface area contributed by atoms with Gasteiger partial charge in [-0.25, -0.2) is 8.42 Å². The van der Waals surface area contributed by atoms with Crippen molar-refractivity contribution in [3.8, 4) is 5.75 Å². The van der Waals surface area contributed by atoms with Gasteiger partial charge >= 0.3 is 0 Å². The van der Waals surface area contributed by atoms with Crippen molar-refractivity contribution in [2.75, 3.05) is 24.2 Å². The van der Waals surface area contributed by atoms with Crippen LogP contribution in [0.15, 0.2) is 72.8 Å². The standard InChI is InChI=1S/C29H33Cl2N3O5S/c1-20(2)32-29(36)27(16-21-9-6-5-7-10-21)33(18-22-11-8-12-24(15-22)39-3)28(35)19-34(40(4,37)38)26-14-13-23(30)17-25(26)31/h5-15,17,20,27H,16,18-19H2,1-4H3,(H,32,36)/t27-/m0/s1. The maximum absolute atomic E-state index is 14.1. The van der Waals surface area contributed by atoms with Crippen LogP contribution in [0.5, 0.6) is 5.75 Å². The minimum absolute atomic E-state index is 0.0327. The van der Waals surface area contributed by atoms with Crippen molar-refractivity contribution >= 4 is 50.7 Å². The first kappa shape index (κ1) is 31.3. The summed E-state index contributed by atoms with van der Waals surface area (Å²) in [5.74, 6) is -0.355. The Hall–Kier alpha value is -3.27. The van der Waals surface area contributed by atoms with E-state index in [-0.39, 0.29) is 35.6 Å². The van der Waals surface area contributed by atoms with Crippen LogP contribution in [-0.2, 0) is 32.6 Å². The lowest BCUT2D eigenvalue weighted by Gasteiger charge is -2.34. The lowest BCUT2D eigenvalue weighted by Crippen LogP contribution is -2.54. The van der Waals surface area contributed by atoms with Gasteiger partial charge in [-0.1, -0.05) is 65.7 Å². The summed E-state index contributed by atoms with van der Waals surface area (Å²) in [6.07, 6.45) is 1.21. The van der Waals surface area contributed by atoms with Crippen molar-refractivity contribution in [3.63, 3.8) is 0 Å². The van der Waals surface area contributed by atoms with E-state index >= 15 is 0 Å². The summed E-state index contributed by atoms with van der Waals surface area (Å²) in [5.41, 5.74) is 1.66. The van der Waals surface area contributed by atoms with Crippen molar-refractivity contribution in [2.24, 2.45) is 0 Å². The SMILES string of the molecule is COc1cccc(CN(C(=O)CN(c2ccc(Cl)cc2Cl)S(C)(=O)=O)[C@@H](Cc2ccccc2)C(=O)NC(C)C)c1. The molecule has 2 amide bonds. The maximum atomic E-state index is 14.1. The highest BCUT2D eigenvalue weighted by Crippen LogP contribution is 2.31. The minimum Gasteiger partial charge on any atom is -0.497 e. The van der Waals surface area contributed by atoms with E-state index in [9.17, 15) is 18.0 Å². The summed E-state index contributed by atoms with van der Waals surface area (Å²) in [7, 11) is -2.41. The van der Waals surface area contributed by atoms with E-state index < -0.39 is 28.5 Å². The van der Waals surface area contributed by atoms with E-state index in [0.717, 1.165) is 16.1 Å². The molecule has 1 atom stereocenters. The normalized spacial score (nSPS) is 12.1. The molecule has 0 saturated carbocycles. The fraction of sp³-hybridized carbons (Fsp3) is 0.310. The fourth-order valence-corrected chi connectivity index (χ4v) is 5.60. The zero-order valence-corrected chi connectivity index (χ0v) is 25.1. The number of anilines is 1. The lowest BCUT2D eigenvalue weighted by atomic mass is 10.0. The second-order valence-electron chi connectivity index (χ2n) is 9.61. The molecule has 3 rings (SSSR count). The second-order valence-corrected chi connectivity index (χ2v) is 12.4. The fourth-order valence-electron chi connectivity index (χ4n) is 4.18. The van der Waals surface area contributed by atoms with Gasteiger partial charge in [-0.05, 0) is 55.3 Å². The van der Waals surface area contributed by atoms with Gasteiger partial charge < -0.3 is 15.0 Å². The molecule has 0 bridgehead atoms. The number of sulfonamides is 1. The van der Waals surface area contributed by atoms with Crippen LogP contribution in [0.1, 0.15) is 25.0 Å². The summed E-state index contributed by atoms with van der Waals surface area (Å²) in [6, 6.07) is 19.7. The van der Waals surface area contributed by atoms with Crippen LogP contribution in [-0.4, -0.2) is 57.1 Å². The number of hydrogen-bond acceptors (Lipinski definition) is 5. The minimum atomic E-state index is -3.95. The molecule has 0 fully saturated rings. The Balaban J connectivity index is 2.09. The molecule has 214 valence electrons. The van der Waals surface area contributed by atoms with Crippen LogP contribution >= 0.6 is 23.2 Å². The van der Waals surface area contributed by atoms with Gasteiger partial charge in [0.25, 0.3) is 0 Å². The summed E-state index contributed by atoms with van der Waals surface area (Å²) >= 11 is 12.4. The van der Waals surface area contributed by atoms with Crippen molar-refractivity contribution in [1.82, 2.24) is 10.2 Å². The first-order chi connectivity index (χ1) is 18.9. The lowest BCUT2D eigenvalue weighted by molar-refractivity contribution is -0.140. The zero-order chi connectivity index (χ0) is 29.4. The molecule has 0 aliphatic rings. The Bertz CT molecular complexity index is 1430. The summed E-state index contributed by atoms with van der Waals surface area (Å²) in [4.78, 5) is 29.0. The van der Waals surface area contributed by atoms with Gasteiger partial charge in [0.1, 0.15) is 18.3 Å². The Labute approximate surface area is 245 Å². The Morgan fingerprint density at radius 3 is 2.23 bits per heavy atom. The Morgan fingerprint density at radius 1 is 0.950 bits per heavy atom. The van der Waals surface area contributed by atoms with Crippen LogP contribution in [0.25, 0.3) is 0 Å². The summed E-state index contributed by atoms with van der Waals surface area (Å²) in [6.45, 7) is 3.12. The van der Waals surface area contributed by atoms with Crippen LogP contribution in [0.4, 0.5) is 5.69 Å². The first-order valence-electron chi connectivity index (χ1n) is 12.6.